The van der Waals surface area contributed by atoms with E-state index >= 15 is 0 Å². The molecule has 1 heterocycles. The average Bonchev–Trinajstić information content (AvgIpc) is 3.08. The van der Waals surface area contributed by atoms with Crippen LogP contribution >= 0.6 is 0 Å². The lowest BCUT2D eigenvalue weighted by Crippen LogP contribution is -2.17. The van der Waals surface area contributed by atoms with Crippen molar-refractivity contribution in [3.63, 3.8) is 0 Å². The third-order valence-corrected chi connectivity index (χ3v) is 3.56. The van der Waals surface area contributed by atoms with E-state index in [1.165, 1.54) is 31.2 Å². The number of anilines is 1. The second-order valence-electron chi connectivity index (χ2n) is 5.48. The number of nitrogens with zero attached hydrogens (tertiary/aromatic N) is 2. The number of hydrogen-bond acceptors (Lipinski definition) is 7. The van der Waals surface area contributed by atoms with Crippen molar-refractivity contribution in [2.75, 3.05) is 12.1 Å². The molecule has 0 saturated heterocycles. The zero-order chi connectivity index (χ0) is 19.4. The van der Waals surface area contributed by atoms with Gasteiger partial charge in [-0.2, -0.15) is 5.10 Å². The summed E-state index contributed by atoms with van der Waals surface area (Å²) in [5.74, 6) is -0.0878. The predicted molar refractivity (Wildman–Crippen MR) is 95.0 cm³/mol. The number of nitro benzene ring substituents is 1. The molecule has 138 valence electrons. The second-order valence-corrected chi connectivity index (χ2v) is 5.48. The standard InChI is InChI=1S/C17H14N4O6/c1-10(22)19-13-4-2-11(3-5-13)17(23)20-18-8-12-6-15-16(27-9-26-15)7-14(12)21(24)25/h2-8H,9H2,1H3,(H,19,22)(H,20,23)/b18-8-. The van der Waals surface area contributed by atoms with Gasteiger partial charge < -0.3 is 14.8 Å². The average molecular weight is 370 g/mol. The van der Waals surface area contributed by atoms with E-state index in [2.05, 4.69) is 15.8 Å². The van der Waals surface area contributed by atoms with Crippen molar-refractivity contribution < 1.29 is 24.0 Å². The molecule has 10 heteroatoms. The lowest BCUT2D eigenvalue weighted by Gasteiger charge is -2.04. The van der Waals surface area contributed by atoms with E-state index in [1.54, 1.807) is 12.1 Å². The number of benzene rings is 2. The lowest BCUT2D eigenvalue weighted by molar-refractivity contribution is -0.385. The maximum atomic E-state index is 12.1. The van der Waals surface area contributed by atoms with Gasteiger partial charge in [0.15, 0.2) is 11.5 Å². The van der Waals surface area contributed by atoms with Crippen molar-refractivity contribution in [1.82, 2.24) is 5.43 Å². The lowest BCUT2D eigenvalue weighted by atomic mass is 10.1. The van der Waals surface area contributed by atoms with E-state index in [-0.39, 0.29) is 29.7 Å². The Bertz CT molecular complexity index is 939. The molecule has 2 amide bonds. The molecule has 0 spiro atoms. The minimum atomic E-state index is -0.577. The van der Waals surface area contributed by atoms with Gasteiger partial charge in [0, 0.05) is 18.2 Å². The molecular weight excluding hydrogens is 356 g/mol. The van der Waals surface area contributed by atoms with E-state index in [0.717, 1.165) is 6.21 Å². The van der Waals surface area contributed by atoms with Crippen LogP contribution in [-0.2, 0) is 4.79 Å². The summed E-state index contributed by atoms with van der Waals surface area (Å²) in [5, 5.41) is 17.5. The van der Waals surface area contributed by atoms with Gasteiger partial charge in [0.25, 0.3) is 11.6 Å². The fourth-order valence-electron chi connectivity index (χ4n) is 2.34. The largest absolute Gasteiger partial charge is 0.454 e. The Morgan fingerprint density at radius 2 is 1.85 bits per heavy atom. The molecule has 0 radical (unpaired) electrons. The van der Waals surface area contributed by atoms with Crippen LogP contribution in [0.5, 0.6) is 11.5 Å². The summed E-state index contributed by atoms with van der Waals surface area (Å²) < 4.78 is 10.3. The van der Waals surface area contributed by atoms with Gasteiger partial charge in [-0.25, -0.2) is 5.43 Å². The maximum Gasteiger partial charge on any atom is 0.282 e. The molecular formula is C17H14N4O6. The van der Waals surface area contributed by atoms with Crippen LogP contribution in [0.15, 0.2) is 41.5 Å². The summed E-state index contributed by atoms with van der Waals surface area (Å²) in [4.78, 5) is 33.7. The summed E-state index contributed by atoms with van der Waals surface area (Å²) >= 11 is 0. The van der Waals surface area contributed by atoms with Gasteiger partial charge in [-0.1, -0.05) is 0 Å². The zero-order valence-electron chi connectivity index (χ0n) is 14.1. The first-order chi connectivity index (χ1) is 12.9. The number of ether oxygens (including phenoxy) is 2. The first-order valence-electron chi connectivity index (χ1n) is 7.73. The third-order valence-electron chi connectivity index (χ3n) is 3.56. The number of nitro groups is 1. The molecule has 10 nitrogen and oxygen atoms in total. The Kier molecular flexibility index (Phi) is 4.97. The molecule has 0 fully saturated rings. The molecule has 0 bridgehead atoms. The number of hydrogen-bond donors (Lipinski definition) is 2. The van der Waals surface area contributed by atoms with Crippen molar-refractivity contribution in [3.8, 4) is 11.5 Å². The molecule has 2 aromatic rings. The number of nitrogens with one attached hydrogen (secondary N) is 2. The number of amides is 2. The monoisotopic (exact) mass is 370 g/mol. The predicted octanol–water partition coefficient (Wildman–Crippen LogP) is 2.05. The van der Waals surface area contributed by atoms with Crippen LogP contribution in [0.4, 0.5) is 11.4 Å². The molecule has 2 aromatic carbocycles. The van der Waals surface area contributed by atoms with Gasteiger partial charge in [0.05, 0.1) is 22.8 Å². The van der Waals surface area contributed by atoms with Crippen LogP contribution in [0, 0.1) is 10.1 Å². The molecule has 1 aliphatic heterocycles. The highest BCUT2D eigenvalue weighted by Gasteiger charge is 2.22. The molecule has 0 atom stereocenters. The summed E-state index contributed by atoms with van der Waals surface area (Å²) in [5.41, 5.74) is 3.08. The fourth-order valence-corrected chi connectivity index (χ4v) is 2.34. The summed E-state index contributed by atoms with van der Waals surface area (Å²) in [6.07, 6.45) is 1.16. The summed E-state index contributed by atoms with van der Waals surface area (Å²) in [6, 6.07) is 8.83. The zero-order valence-corrected chi connectivity index (χ0v) is 14.1. The minimum Gasteiger partial charge on any atom is -0.454 e. The number of hydrazone groups is 1. The molecule has 3 rings (SSSR count). The number of fused-ring (bicyclic) bond motifs is 1. The third kappa shape index (κ3) is 4.18. The number of carbonyl (C=O) groups excluding carboxylic acids is 2. The maximum absolute atomic E-state index is 12.1. The van der Waals surface area contributed by atoms with Crippen LogP contribution in [0.2, 0.25) is 0 Å². The second kappa shape index (κ2) is 7.52. The normalized spacial score (nSPS) is 12.0. The van der Waals surface area contributed by atoms with Crippen molar-refractivity contribution in [2.24, 2.45) is 5.10 Å². The van der Waals surface area contributed by atoms with Crippen LogP contribution in [0.25, 0.3) is 0 Å². The van der Waals surface area contributed by atoms with Crippen molar-refractivity contribution in [1.29, 1.82) is 0 Å². The highest BCUT2D eigenvalue weighted by molar-refractivity contribution is 5.96. The van der Waals surface area contributed by atoms with Crippen LogP contribution in [0.1, 0.15) is 22.8 Å². The van der Waals surface area contributed by atoms with Gasteiger partial charge in [0.1, 0.15) is 0 Å². The smallest absolute Gasteiger partial charge is 0.282 e. The van der Waals surface area contributed by atoms with Gasteiger partial charge in [-0.05, 0) is 30.3 Å². The molecule has 0 saturated carbocycles. The first-order valence-corrected chi connectivity index (χ1v) is 7.73. The van der Waals surface area contributed by atoms with Gasteiger partial charge in [-0.3, -0.25) is 19.7 Å². The molecule has 0 aliphatic carbocycles. The number of carbonyl (C=O) groups is 2. The van der Waals surface area contributed by atoms with E-state index in [9.17, 15) is 19.7 Å². The summed E-state index contributed by atoms with van der Waals surface area (Å²) in [6.45, 7) is 1.36. The van der Waals surface area contributed by atoms with Gasteiger partial charge >= 0.3 is 0 Å². The Hall–Kier alpha value is -3.95. The summed E-state index contributed by atoms with van der Waals surface area (Å²) in [7, 11) is 0. The topological polar surface area (TPSA) is 132 Å². The van der Waals surface area contributed by atoms with Gasteiger partial charge in [0.2, 0.25) is 12.7 Å². The highest BCUT2D eigenvalue weighted by Crippen LogP contribution is 2.37. The van der Waals surface area contributed by atoms with E-state index in [0.29, 0.717) is 17.0 Å². The molecule has 27 heavy (non-hydrogen) atoms. The van der Waals surface area contributed by atoms with Crippen molar-refractivity contribution in [3.05, 3.63) is 57.6 Å². The van der Waals surface area contributed by atoms with E-state index in [4.69, 9.17) is 9.47 Å². The van der Waals surface area contributed by atoms with Crippen LogP contribution in [-0.4, -0.2) is 29.7 Å². The molecule has 0 unspecified atom stereocenters. The molecule has 1 aliphatic rings. The minimum absolute atomic E-state index is 0.0156. The van der Waals surface area contributed by atoms with Crippen LogP contribution in [0.3, 0.4) is 0 Å². The number of rotatable bonds is 5. The van der Waals surface area contributed by atoms with Gasteiger partial charge in [-0.15, -0.1) is 0 Å². The first kappa shape index (κ1) is 17.9. The Labute approximate surface area is 152 Å². The molecule has 2 N–H and O–H groups in total. The molecule has 0 aromatic heterocycles. The quantitative estimate of drug-likeness (QED) is 0.470. The SMILES string of the molecule is CC(=O)Nc1ccc(C(=O)N/N=C\c2cc3c(cc2[N+](=O)[O-])OCO3)cc1. The van der Waals surface area contributed by atoms with E-state index in [1.807, 2.05) is 0 Å². The Morgan fingerprint density at radius 3 is 2.48 bits per heavy atom. The Balaban J connectivity index is 1.71. The Morgan fingerprint density at radius 1 is 1.19 bits per heavy atom. The van der Waals surface area contributed by atoms with E-state index < -0.39 is 10.8 Å². The van der Waals surface area contributed by atoms with Crippen molar-refractivity contribution >= 4 is 29.4 Å². The highest BCUT2D eigenvalue weighted by atomic mass is 16.7. The van der Waals surface area contributed by atoms with Crippen molar-refractivity contribution in [2.45, 2.75) is 6.92 Å². The fraction of sp³-hybridized carbons (Fsp3) is 0.118. The van der Waals surface area contributed by atoms with Crippen LogP contribution < -0.4 is 20.2 Å².